The number of hydrogen-bond acceptors (Lipinski definition) is 4. The van der Waals surface area contributed by atoms with Gasteiger partial charge in [0, 0.05) is 12.0 Å². The number of fused-ring (bicyclic) bond motifs is 1. The molecule has 0 radical (unpaired) electrons. The molecule has 1 aliphatic rings. The van der Waals surface area contributed by atoms with Crippen LogP contribution in [0.3, 0.4) is 0 Å². The third-order valence-corrected chi connectivity index (χ3v) is 2.68. The maximum absolute atomic E-state index is 11.7. The van der Waals surface area contributed by atoms with Gasteiger partial charge in [0.15, 0.2) is 0 Å². The Balaban J connectivity index is 2.18. The van der Waals surface area contributed by atoms with Gasteiger partial charge in [0.1, 0.15) is 11.4 Å². The Morgan fingerprint density at radius 3 is 2.89 bits per heavy atom. The molecule has 0 bridgehead atoms. The van der Waals surface area contributed by atoms with Crippen molar-refractivity contribution in [3.05, 3.63) is 23.8 Å². The van der Waals surface area contributed by atoms with E-state index in [0.29, 0.717) is 30.0 Å². The van der Waals surface area contributed by atoms with Gasteiger partial charge in [-0.15, -0.1) is 0 Å². The van der Waals surface area contributed by atoms with Crippen LogP contribution >= 0.6 is 0 Å². The molecule has 1 amide bonds. The zero-order valence-corrected chi connectivity index (χ0v) is 11.4. The summed E-state index contributed by atoms with van der Waals surface area (Å²) in [7, 11) is 0. The summed E-state index contributed by atoms with van der Waals surface area (Å²) in [6.07, 6.45) is -0.531. The molecule has 1 heterocycles. The molecule has 2 N–H and O–H groups in total. The second-order valence-electron chi connectivity index (χ2n) is 5.50. The first-order valence-corrected chi connectivity index (χ1v) is 6.30. The van der Waals surface area contributed by atoms with Gasteiger partial charge in [-0.2, -0.15) is 0 Å². The second-order valence-corrected chi connectivity index (χ2v) is 5.50. The normalized spacial score (nSPS) is 18.2. The third kappa shape index (κ3) is 3.38. The Bertz CT molecular complexity index is 479. The summed E-state index contributed by atoms with van der Waals surface area (Å²) in [5.41, 5.74) is 0.657. The number of para-hydroxylation sites is 1. The molecule has 0 spiro atoms. The van der Waals surface area contributed by atoms with E-state index in [-0.39, 0.29) is 0 Å². The van der Waals surface area contributed by atoms with Gasteiger partial charge in [0.2, 0.25) is 0 Å². The van der Waals surface area contributed by atoms with Gasteiger partial charge >= 0.3 is 6.09 Å². The van der Waals surface area contributed by atoms with Crippen LogP contribution in [-0.4, -0.2) is 23.4 Å². The van der Waals surface area contributed by atoms with Crippen molar-refractivity contribution in [2.75, 3.05) is 11.9 Å². The highest BCUT2D eigenvalue weighted by Crippen LogP contribution is 2.37. The van der Waals surface area contributed by atoms with E-state index in [1.807, 2.05) is 0 Å². The molecule has 1 aliphatic heterocycles. The summed E-state index contributed by atoms with van der Waals surface area (Å²) < 4.78 is 10.7. The molecule has 5 nitrogen and oxygen atoms in total. The number of benzene rings is 1. The molecule has 0 saturated carbocycles. The first-order valence-electron chi connectivity index (χ1n) is 6.30. The number of hydrogen-bond donors (Lipinski definition) is 2. The monoisotopic (exact) mass is 265 g/mol. The van der Waals surface area contributed by atoms with Crippen LogP contribution < -0.4 is 10.1 Å². The zero-order valence-electron chi connectivity index (χ0n) is 11.4. The summed E-state index contributed by atoms with van der Waals surface area (Å²) in [4.78, 5) is 11.7. The van der Waals surface area contributed by atoms with Crippen LogP contribution in [0.25, 0.3) is 0 Å². The van der Waals surface area contributed by atoms with E-state index in [4.69, 9.17) is 9.47 Å². The van der Waals surface area contributed by atoms with E-state index in [1.54, 1.807) is 39.0 Å². The molecular weight excluding hydrogens is 246 g/mol. The maximum Gasteiger partial charge on any atom is 0.412 e. The van der Waals surface area contributed by atoms with Crippen molar-refractivity contribution in [1.29, 1.82) is 0 Å². The summed E-state index contributed by atoms with van der Waals surface area (Å²) >= 11 is 0. The Morgan fingerprint density at radius 2 is 2.21 bits per heavy atom. The highest BCUT2D eigenvalue weighted by molar-refractivity contribution is 5.87. The number of carbonyl (C=O) groups excluding carboxylic acids is 1. The van der Waals surface area contributed by atoms with Crippen molar-refractivity contribution in [3.8, 4) is 5.75 Å². The first-order chi connectivity index (χ1) is 8.87. The van der Waals surface area contributed by atoms with E-state index in [9.17, 15) is 9.90 Å². The van der Waals surface area contributed by atoms with E-state index in [1.165, 1.54) is 0 Å². The summed E-state index contributed by atoms with van der Waals surface area (Å²) in [6, 6.07) is 5.28. The molecule has 104 valence electrons. The lowest BCUT2D eigenvalue weighted by molar-refractivity contribution is 0.0633. The van der Waals surface area contributed by atoms with E-state index >= 15 is 0 Å². The summed E-state index contributed by atoms with van der Waals surface area (Å²) in [6.45, 7) is 5.83. The molecule has 0 aromatic heterocycles. The fourth-order valence-corrected chi connectivity index (χ4v) is 1.92. The third-order valence-electron chi connectivity index (χ3n) is 2.68. The molecule has 1 unspecified atom stereocenters. The standard InChI is InChI=1S/C14H19NO4/c1-14(2,3)19-13(17)15-10-6-4-5-9-11(16)7-8-18-12(9)10/h4-6,11,16H,7-8H2,1-3H3,(H,15,17). The van der Waals surface area contributed by atoms with E-state index < -0.39 is 17.8 Å². The fourth-order valence-electron chi connectivity index (χ4n) is 1.92. The quantitative estimate of drug-likeness (QED) is 0.819. The minimum Gasteiger partial charge on any atom is -0.491 e. The molecule has 0 saturated heterocycles. The van der Waals surface area contributed by atoms with Crippen molar-refractivity contribution in [2.24, 2.45) is 0 Å². The van der Waals surface area contributed by atoms with Crippen LogP contribution in [0.1, 0.15) is 38.9 Å². The van der Waals surface area contributed by atoms with Gasteiger partial charge < -0.3 is 14.6 Å². The molecule has 1 atom stereocenters. The average molecular weight is 265 g/mol. The Hall–Kier alpha value is -1.75. The van der Waals surface area contributed by atoms with Crippen molar-refractivity contribution >= 4 is 11.8 Å². The SMILES string of the molecule is CC(C)(C)OC(=O)Nc1cccc2c1OCCC2O. The van der Waals surface area contributed by atoms with E-state index in [0.717, 1.165) is 0 Å². The van der Waals surface area contributed by atoms with Crippen LogP contribution in [0.2, 0.25) is 0 Å². The van der Waals surface area contributed by atoms with Gasteiger partial charge in [-0.3, -0.25) is 5.32 Å². The van der Waals surface area contributed by atoms with E-state index in [2.05, 4.69) is 5.32 Å². The Labute approximate surface area is 112 Å². The number of carbonyl (C=O) groups is 1. The highest BCUT2D eigenvalue weighted by Gasteiger charge is 2.23. The Kier molecular flexibility index (Phi) is 3.66. The van der Waals surface area contributed by atoms with Gasteiger partial charge in [-0.05, 0) is 26.8 Å². The van der Waals surface area contributed by atoms with Crippen molar-refractivity contribution in [1.82, 2.24) is 0 Å². The molecule has 2 rings (SSSR count). The largest absolute Gasteiger partial charge is 0.491 e. The number of nitrogens with one attached hydrogen (secondary N) is 1. The van der Waals surface area contributed by atoms with Crippen LogP contribution in [0.4, 0.5) is 10.5 Å². The van der Waals surface area contributed by atoms with Crippen LogP contribution in [0.5, 0.6) is 5.75 Å². The molecule has 0 fully saturated rings. The molecule has 5 heteroatoms. The predicted octanol–water partition coefficient (Wildman–Crippen LogP) is 2.85. The average Bonchev–Trinajstić information content (AvgIpc) is 2.28. The minimum atomic E-state index is -0.556. The number of amides is 1. The molecule has 19 heavy (non-hydrogen) atoms. The minimum absolute atomic E-state index is 0.432. The smallest absolute Gasteiger partial charge is 0.412 e. The van der Waals surface area contributed by atoms with Crippen molar-refractivity contribution < 1.29 is 19.4 Å². The van der Waals surface area contributed by atoms with Gasteiger partial charge in [-0.25, -0.2) is 4.79 Å². The van der Waals surface area contributed by atoms with Gasteiger partial charge in [0.25, 0.3) is 0 Å². The van der Waals surface area contributed by atoms with Crippen LogP contribution in [0, 0.1) is 0 Å². The molecular formula is C14H19NO4. The van der Waals surface area contributed by atoms with Crippen LogP contribution in [-0.2, 0) is 4.74 Å². The lowest BCUT2D eigenvalue weighted by Gasteiger charge is -2.25. The number of rotatable bonds is 1. The lowest BCUT2D eigenvalue weighted by Crippen LogP contribution is -2.27. The fraction of sp³-hybridized carbons (Fsp3) is 0.500. The maximum atomic E-state index is 11.7. The number of aliphatic hydroxyl groups excluding tert-OH is 1. The van der Waals surface area contributed by atoms with Crippen LogP contribution in [0.15, 0.2) is 18.2 Å². The van der Waals surface area contributed by atoms with Gasteiger partial charge in [0.05, 0.1) is 18.4 Å². The number of ether oxygens (including phenoxy) is 2. The van der Waals surface area contributed by atoms with Crippen molar-refractivity contribution in [3.63, 3.8) is 0 Å². The summed E-state index contributed by atoms with van der Waals surface area (Å²) in [5, 5.41) is 12.5. The van der Waals surface area contributed by atoms with Crippen molar-refractivity contribution in [2.45, 2.75) is 38.9 Å². The summed E-state index contributed by atoms with van der Waals surface area (Å²) in [5.74, 6) is 0.520. The van der Waals surface area contributed by atoms with Gasteiger partial charge in [-0.1, -0.05) is 12.1 Å². The molecule has 1 aromatic carbocycles. The predicted molar refractivity (Wildman–Crippen MR) is 71.4 cm³/mol. The lowest BCUT2D eigenvalue weighted by atomic mass is 10.0. The number of anilines is 1. The molecule has 1 aromatic rings. The number of aliphatic hydroxyl groups is 1. The highest BCUT2D eigenvalue weighted by atomic mass is 16.6. The Morgan fingerprint density at radius 1 is 1.47 bits per heavy atom. The first kappa shape index (κ1) is 13.7. The topological polar surface area (TPSA) is 67.8 Å². The second kappa shape index (κ2) is 5.09. The molecule has 0 aliphatic carbocycles. The zero-order chi connectivity index (χ0) is 14.0.